The minimum Gasteiger partial charge on any atom is -0.481 e. The van der Waals surface area contributed by atoms with Crippen LogP contribution in [0.1, 0.15) is 0 Å². The van der Waals surface area contributed by atoms with Crippen LogP contribution < -0.4 is 5.32 Å². The Bertz CT molecular complexity index is 158. The molecule has 0 aromatic carbocycles. The van der Waals surface area contributed by atoms with Crippen molar-refractivity contribution in [3.05, 3.63) is 0 Å². The van der Waals surface area contributed by atoms with E-state index in [2.05, 4.69) is 5.32 Å². The fraction of sp³-hybridized carbons (Fsp3) is 0.600. The molecule has 1 saturated heterocycles. The van der Waals surface area contributed by atoms with Gasteiger partial charge in [-0.1, -0.05) is 0 Å². The molecule has 1 aliphatic rings. The molecule has 0 amide bonds. The quantitative estimate of drug-likeness (QED) is 0.451. The fourth-order valence-corrected chi connectivity index (χ4v) is 0.843. The van der Waals surface area contributed by atoms with E-state index in [4.69, 9.17) is 10.2 Å². The predicted molar refractivity (Wildman–Crippen MR) is 30.6 cm³/mol. The van der Waals surface area contributed by atoms with Gasteiger partial charge in [0.15, 0.2) is 0 Å². The van der Waals surface area contributed by atoms with E-state index in [9.17, 15) is 9.59 Å². The zero-order chi connectivity index (χ0) is 7.72. The standard InChI is InChI=1S/C5H7NO4/c7-4(8)2-1-6-3(2)5(9)10/h2-3,6H,1H2,(H,7,8)(H,9,10)/t2-,3+/m0/s1. The van der Waals surface area contributed by atoms with Gasteiger partial charge in [-0.25, -0.2) is 0 Å². The Morgan fingerprint density at radius 3 is 2.00 bits per heavy atom. The molecule has 56 valence electrons. The molecule has 3 N–H and O–H groups in total. The van der Waals surface area contributed by atoms with Crippen molar-refractivity contribution < 1.29 is 19.8 Å². The Hall–Kier alpha value is -1.10. The molecule has 0 bridgehead atoms. The number of hydrogen-bond acceptors (Lipinski definition) is 3. The van der Waals surface area contributed by atoms with Gasteiger partial charge < -0.3 is 15.5 Å². The van der Waals surface area contributed by atoms with Crippen LogP contribution in [0.3, 0.4) is 0 Å². The van der Waals surface area contributed by atoms with Crippen molar-refractivity contribution in [2.75, 3.05) is 6.54 Å². The van der Waals surface area contributed by atoms with Crippen LogP contribution in [0.15, 0.2) is 0 Å². The van der Waals surface area contributed by atoms with Gasteiger partial charge in [-0.2, -0.15) is 0 Å². The first-order valence-electron chi connectivity index (χ1n) is 2.82. The lowest BCUT2D eigenvalue weighted by Gasteiger charge is -2.30. The molecular weight excluding hydrogens is 138 g/mol. The van der Waals surface area contributed by atoms with Crippen molar-refractivity contribution in [3.8, 4) is 0 Å². The summed E-state index contributed by atoms with van der Waals surface area (Å²) >= 11 is 0. The monoisotopic (exact) mass is 145 g/mol. The second kappa shape index (κ2) is 2.26. The number of carboxylic acids is 2. The van der Waals surface area contributed by atoms with Crippen molar-refractivity contribution in [1.29, 1.82) is 0 Å². The van der Waals surface area contributed by atoms with Crippen LogP contribution in [-0.4, -0.2) is 34.7 Å². The smallest absolute Gasteiger partial charge is 0.321 e. The van der Waals surface area contributed by atoms with Gasteiger partial charge in [0.1, 0.15) is 6.04 Å². The predicted octanol–water partition coefficient (Wildman–Crippen LogP) is -1.26. The van der Waals surface area contributed by atoms with Crippen LogP contribution in [0.4, 0.5) is 0 Å². The maximum absolute atomic E-state index is 10.2. The average molecular weight is 145 g/mol. The highest BCUT2D eigenvalue weighted by atomic mass is 16.4. The van der Waals surface area contributed by atoms with Crippen LogP contribution in [0.5, 0.6) is 0 Å². The largest absolute Gasteiger partial charge is 0.481 e. The Kier molecular flexibility index (Phi) is 1.58. The average Bonchev–Trinajstić information content (AvgIpc) is 1.56. The molecule has 2 atom stereocenters. The molecule has 1 aliphatic heterocycles. The third-order valence-electron chi connectivity index (χ3n) is 1.54. The van der Waals surface area contributed by atoms with E-state index in [0.717, 1.165) is 0 Å². The van der Waals surface area contributed by atoms with Crippen molar-refractivity contribution in [1.82, 2.24) is 5.32 Å². The number of rotatable bonds is 2. The van der Waals surface area contributed by atoms with Crippen LogP contribution in [0.2, 0.25) is 0 Å². The highest BCUT2D eigenvalue weighted by Crippen LogP contribution is 2.12. The van der Waals surface area contributed by atoms with Crippen molar-refractivity contribution in [3.63, 3.8) is 0 Å². The molecule has 5 nitrogen and oxygen atoms in total. The SMILES string of the molecule is O=C(O)[C@H]1CN[C@H]1C(=O)O. The summed E-state index contributed by atoms with van der Waals surface area (Å²) in [6.45, 7) is 0.256. The zero-order valence-corrected chi connectivity index (χ0v) is 5.07. The second-order valence-electron chi connectivity index (χ2n) is 2.17. The molecule has 1 heterocycles. The summed E-state index contributed by atoms with van der Waals surface area (Å²) in [7, 11) is 0. The lowest BCUT2D eigenvalue weighted by molar-refractivity contribution is -0.155. The molecule has 0 saturated carbocycles. The normalized spacial score (nSPS) is 30.8. The number of carbonyl (C=O) groups is 2. The molecule has 0 radical (unpaired) electrons. The van der Waals surface area contributed by atoms with Crippen molar-refractivity contribution in [2.24, 2.45) is 5.92 Å². The summed E-state index contributed by atoms with van der Waals surface area (Å²) in [5.74, 6) is -2.90. The summed E-state index contributed by atoms with van der Waals surface area (Å²) in [5.41, 5.74) is 0. The Balaban J connectivity index is 2.51. The third-order valence-corrected chi connectivity index (χ3v) is 1.54. The Morgan fingerprint density at radius 1 is 1.30 bits per heavy atom. The first-order valence-corrected chi connectivity index (χ1v) is 2.82. The first-order chi connectivity index (χ1) is 4.63. The number of carboxylic acid groups (broad SMARTS) is 2. The summed E-state index contributed by atoms with van der Waals surface area (Å²) in [6, 6.07) is -0.891. The topological polar surface area (TPSA) is 86.6 Å². The lowest BCUT2D eigenvalue weighted by atomic mass is 9.92. The minimum atomic E-state index is -1.10. The van der Waals surface area contributed by atoms with Crippen LogP contribution in [0.25, 0.3) is 0 Å². The molecule has 5 heteroatoms. The lowest BCUT2D eigenvalue weighted by Crippen LogP contribution is -2.60. The molecule has 1 rings (SSSR count). The number of nitrogens with one attached hydrogen (secondary N) is 1. The molecule has 0 spiro atoms. The van der Waals surface area contributed by atoms with Crippen molar-refractivity contribution in [2.45, 2.75) is 6.04 Å². The zero-order valence-electron chi connectivity index (χ0n) is 5.07. The fourth-order valence-electron chi connectivity index (χ4n) is 0.843. The minimum absolute atomic E-state index is 0.256. The van der Waals surface area contributed by atoms with E-state index in [1.165, 1.54) is 0 Å². The number of aliphatic carboxylic acids is 2. The van der Waals surface area contributed by atoms with Gasteiger partial charge in [-0.15, -0.1) is 0 Å². The van der Waals surface area contributed by atoms with Crippen molar-refractivity contribution >= 4 is 11.9 Å². The molecule has 1 fully saturated rings. The Labute approximate surface area is 56.7 Å². The third kappa shape index (κ3) is 0.950. The van der Waals surface area contributed by atoms with E-state index in [0.29, 0.717) is 0 Å². The summed E-state index contributed by atoms with van der Waals surface area (Å²) < 4.78 is 0. The molecule has 0 aromatic heterocycles. The molecule has 0 unspecified atom stereocenters. The van der Waals surface area contributed by atoms with Gasteiger partial charge in [0.25, 0.3) is 0 Å². The van der Waals surface area contributed by atoms with E-state index in [1.807, 2.05) is 0 Å². The highest BCUT2D eigenvalue weighted by Gasteiger charge is 2.41. The van der Waals surface area contributed by atoms with Gasteiger partial charge in [-0.3, -0.25) is 9.59 Å². The second-order valence-corrected chi connectivity index (χ2v) is 2.17. The molecule has 0 aromatic rings. The van der Waals surface area contributed by atoms with E-state index in [1.54, 1.807) is 0 Å². The Morgan fingerprint density at radius 2 is 1.90 bits per heavy atom. The van der Waals surface area contributed by atoms with Gasteiger partial charge in [0.2, 0.25) is 0 Å². The highest BCUT2D eigenvalue weighted by molar-refractivity contribution is 5.84. The molecular formula is C5H7NO4. The van der Waals surface area contributed by atoms with Gasteiger partial charge in [0.05, 0.1) is 5.92 Å². The summed E-state index contributed by atoms with van der Waals surface area (Å²) in [4.78, 5) is 20.4. The maximum atomic E-state index is 10.2. The van der Waals surface area contributed by atoms with Crippen LogP contribution >= 0.6 is 0 Å². The van der Waals surface area contributed by atoms with Crippen LogP contribution in [-0.2, 0) is 9.59 Å². The first kappa shape index (κ1) is 7.01. The molecule has 0 aliphatic carbocycles. The van der Waals surface area contributed by atoms with E-state index >= 15 is 0 Å². The summed E-state index contributed by atoms with van der Waals surface area (Å²) in [5, 5.41) is 19.2. The summed E-state index contributed by atoms with van der Waals surface area (Å²) in [6.07, 6.45) is 0. The van der Waals surface area contributed by atoms with Gasteiger partial charge >= 0.3 is 11.9 Å². The number of hydrogen-bond donors (Lipinski definition) is 3. The maximum Gasteiger partial charge on any atom is 0.321 e. The van der Waals surface area contributed by atoms with Gasteiger partial charge in [0, 0.05) is 6.54 Å². The van der Waals surface area contributed by atoms with Gasteiger partial charge in [-0.05, 0) is 0 Å². The van der Waals surface area contributed by atoms with E-state index in [-0.39, 0.29) is 6.54 Å². The molecule has 10 heavy (non-hydrogen) atoms. The van der Waals surface area contributed by atoms with Crippen LogP contribution in [0, 0.1) is 5.92 Å². The van der Waals surface area contributed by atoms with E-state index < -0.39 is 23.9 Å².